The van der Waals surface area contributed by atoms with E-state index in [0.717, 1.165) is 38.8 Å². The van der Waals surface area contributed by atoms with Gasteiger partial charge in [0.25, 0.3) is 5.56 Å². The zero-order chi connectivity index (χ0) is 23.5. The molecule has 2 aromatic carbocycles. The molecule has 4 rings (SSSR count). The molecular weight excluding hydrogens is 420 g/mol. The van der Waals surface area contributed by atoms with Gasteiger partial charge in [0.05, 0.1) is 26.8 Å². The van der Waals surface area contributed by atoms with E-state index in [1.807, 2.05) is 43.3 Å². The topological polar surface area (TPSA) is 111 Å². The summed E-state index contributed by atoms with van der Waals surface area (Å²) in [5.74, 6) is 2.61. The lowest BCUT2D eigenvalue weighted by atomic mass is 9.97. The Morgan fingerprint density at radius 1 is 1.00 bits per heavy atom. The molecule has 0 unspecified atom stereocenters. The molecule has 0 aliphatic heterocycles. The van der Waals surface area contributed by atoms with Crippen molar-refractivity contribution in [2.45, 2.75) is 19.9 Å². The number of hydrogen-bond acceptors (Lipinski definition) is 7. The van der Waals surface area contributed by atoms with Crippen LogP contribution in [0.3, 0.4) is 0 Å². The van der Waals surface area contributed by atoms with E-state index in [0.29, 0.717) is 35.7 Å². The maximum atomic E-state index is 13.2. The van der Waals surface area contributed by atoms with Gasteiger partial charge in [0.1, 0.15) is 11.6 Å². The van der Waals surface area contributed by atoms with Gasteiger partial charge < -0.3 is 30.2 Å². The fourth-order valence-corrected chi connectivity index (χ4v) is 4.09. The fourth-order valence-electron chi connectivity index (χ4n) is 4.09. The van der Waals surface area contributed by atoms with Gasteiger partial charge in [-0.15, -0.1) is 0 Å². The van der Waals surface area contributed by atoms with Crippen molar-refractivity contribution in [2.24, 2.45) is 5.73 Å². The second-order valence-electron chi connectivity index (χ2n) is 7.63. The molecule has 0 radical (unpaired) electrons. The first kappa shape index (κ1) is 22.4. The lowest BCUT2D eigenvalue weighted by Crippen LogP contribution is -2.18. The summed E-state index contributed by atoms with van der Waals surface area (Å²) in [7, 11) is 4.79. The van der Waals surface area contributed by atoms with E-state index in [1.165, 1.54) is 0 Å². The van der Waals surface area contributed by atoms with E-state index in [2.05, 4.69) is 10.3 Å². The van der Waals surface area contributed by atoms with Gasteiger partial charge in [-0.3, -0.25) is 4.79 Å². The van der Waals surface area contributed by atoms with E-state index in [-0.39, 0.29) is 12.1 Å². The Bertz CT molecular complexity index is 1380. The fraction of sp³-hybridized carbons (Fsp3) is 0.280. The van der Waals surface area contributed by atoms with E-state index in [1.54, 1.807) is 21.3 Å². The quantitative estimate of drug-likeness (QED) is 0.378. The lowest BCUT2D eigenvalue weighted by Gasteiger charge is -2.16. The standard InChI is InChI=1S/C25H28N4O4/c1-5-27-24-15(8-14-9-16(31-2)6-7-20(14)28-24)10-19-17-11-22(32-3)23(33-4)12-18(17)21(13-26)29-25(19)30/h6-9,11-12H,5,10,13,26H2,1-4H3,(H,27,28)(H,29,30). The Balaban J connectivity index is 1.95. The third-order valence-corrected chi connectivity index (χ3v) is 5.73. The molecule has 2 heterocycles. The molecule has 0 saturated carbocycles. The van der Waals surface area contributed by atoms with Crippen molar-refractivity contribution in [3.05, 3.63) is 63.6 Å². The molecule has 2 aromatic heterocycles. The zero-order valence-electron chi connectivity index (χ0n) is 19.2. The van der Waals surface area contributed by atoms with Crippen LogP contribution in [0.2, 0.25) is 0 Å². The molecule has 172 valence electrons. The van der Waals surface area contributed by atoms with Crippen molar-refractivity contribution in [1.29, 1.82) is 0 Å². The Kier molecular flexibility index (Phi) is 6.37. The summed E-state index contributed by atoms with van der Waals surface area (Å²) in [6.45, 7) is 2.91. The number of fused-ring (bicyclic) bond motifs is 2. The molecular formula is C25H28N4O4. The van der Waals surface area contributed by atoms with E-state index < -0.39 is 0 Å². The first-order valence-corrected chi connectivity index (χ1v) is 10.7. The van der Waals surface area contributed by atoms with Crippen molar-refractivity contribution in [1.82, 2.24) is 9.97 Å². The number of nitrogens with one attached hydrogen (secondary N) is 2. The van der Waals surface area contributed by atoms with Crippen LogP contribution in [-0.2, 0) is 13.0 Å². The van der Waals surface area contributed by atoms with E-state index >= 15 is 0 Å². The molecule has 8 heteroatoms. The SMILES string of the molecule is CCNc1nc2ccc(OC)cc2cc1Cc1c(=O)[nH]c(CN)c2cc(OC)c(OC)cc12. The summed E-state index contributed by atoms with van der Waals surface area (Å²) in [4.78, 5) is 20.9. The predicted octanol–water partition coefficient (Wildman–Crippen LogP) is 3.58. The van der Waals surface area contributed by atoms with Gasteiger partial charge in [-0.1, -0.05) is 0 Å². The second kappa shape index (κ2) is 9.38. The highest BCUT2D eigenvalue weighted by molar-refractivity contribution is 5.91. The minimum Gasteiger partial charge on any atom is -0.497 e. The van der Waals surface area contributed by atoms with Crippen molar-refractivity contribution in [3.63, 3.8) is 0 Å². The minimum atomic E-state index is -0.191. The number of H-pyrrole nitrogens is 1. The molecule has 0 fully saturated rings. The molecule has 0 bridgehead atoms. The normalized spacial score (nSPS) is 11.1. The van der Waals surface area contributed by atoms with Crippen LogP contribution in [0.1, 0.15) is 23.7 Å². The van der Waals surface area contributed by atoms with E-state index in [9.17, 15) is 4.79 Å². The summed E-state index contributed by atoms with van der Waals surface area (Å²) in [5.41, 5.74) is 8.74. The van der Waals surface area contributed by atoms with Crippen molar-refractivity contribution >= 4 is 27.5 Å². The maximum Gasteiger partial charge on any atom is 0.252 e. The number of aromatic amines is 1. The minimum absolute atomic E-state index is 0.191. The number of nitrogens with zero attached hydrogens (tertiary/aromatic N) is 1. The van der Waals surface area contributed by atoms with Crippen LogP contribution in [0, 0.1) is 0 Å². The largest absolute Gasteiger partial charge is 0.497 e. The van der Waals surface area contributed by atoms with Gasteiger partial charge >= 0.3 is 0 Å². The summed E-state index contributed by atoms with van der Waals surface area (Å²) in [6, 6.07) is 11.5. The van der Waals surface area contributed by atoms with Gasteiger partial charge in [0, 0.05) is 41.5 Å². The first-order valence-electron chi connectivity index (χ1n) is 10.7. The Labute approximate surface area is 191 Å². The van der Waals surface area contributed by atoms with Crippen molar-refractivity contribution in [2.75, 3.05) is 33.2 Å². The summed E-state index contributed by atoms with van der Waals surface area (Å²) in [5, 5.41) is 5.86. The average molecular weight is 449 g/mol. The number of nitrogens with two attached hydrogens (primary N) is 1. The van der Waals surface area contributed by atoms with Crippen LogP contribution in [0.15, 0.2) is 41.2 Å². The third kappa shape index (κ3) is 4.17. The van der Waals surface area contributed by atoms with Crippen LogP contribution in [0.4, 0.5) is 5.82 Å². The number of aromatic nitrogens is 2. The summed E-state index contributed by atoms with van der Waals surface area (Å²) in [6.07, 6.45) is 0.370. The number of pyridine rings is 2. The number of hydrogen-bond donors (Lipinski definition) is 3. The van der Waals surface area contributed by atoms with Crippen LogP contribution in [-0.4, -0.2) is 37.8 Å². The Morgan fingerprint density at radius 2 is 1.73 bits per heavy atom. The molecule has 4 aromatic rings. The number of methoxy groups -OCH3 is 3. The molecule has 4 N–H and O–H groups in total. The summed E-state index contributed by atoms with van der Waals surface area (Å²) < 4.78 is 16.3. The maximum absolute atomic E-state index is 13.2. The highest BCUT2D eigenvalue weighted by Crippen LogP contribution is 2.35. The van der Waals surface area contributed by atoms with Crippen molar-refractivity contribution in [3.8, 4) is 17.2 Å². The van der Waals surface area contributed by atoms with E-state index in [4.69, 9.17) is 24.9 Å². The monoisotopic (exact) mass is 448 g/mol. The molecule has 33 heavy (non-hydrogen) atoms. The molecule has 0 amide bonds. The number of rotatable bonds is 8. The lowest BCUT2D eigenvalue weighted by molar-refractivity contribution is 0.356. The third-order valence-electron chi connectivity index (χ3n) is 5.73. The number of ether oxygens (including phenoxy) is 3. The highest BCUT2D eigenvalue weighted by Gasteiger charge is 2.18. The van der Waals surface area contributed by atoms with Gasteiger partial charge in [-0.25, -0.2) is 4.98 Å². The molecule has 0 saturated heterocycles. The van der Waals surface area contributed by atoms with Crippen LogP contribution < -0.4 is 30.8 Å². The number of anilines is 1. The predicted molar refractivity (Wildman–Crippen MR) is 131 cm³/mol. The van der Waals surface area contributed by atoms with Crippen LogP contribution in [0.25, 0.3) is 21.7 Å². The zero-order valence-corrected chi connectivity index (χ0v) is 19.2. The smallest absolute Gasteiger partial charge is 0.252 e. The van der Waals surface area contributed by atoms with Gasteiger partial charge in [-0.2, -0.15) is 0 Å². The van der Waals surface area contributed by atoms with Gasteiger partial charge in [0.15, 0.2) is 11.5 Å². The molecule has 8 nitrogen and oxygen atoms in total. The second-order valence-corrected chi connectivity index (χ2v) is 7.63. The molecule has 0 aliphatic carbocycles. The number of benzene rings is 2. The Morgan fingerprint density at radius 3 is 2.36 bits per heavy atom. The van der Waals surface area contributed by atoms with Gasteiger partial charge in [-0.05, 0) is 54.3 Å². The molecule has 0 aliphatic rings. The van der Waals surface area contributed by atoms with Crippen LogP contribution >= 0.6 is 0 Å². The Hall–Kier alpha value is -3.78. The van der Waals surface area contributed by atoms with Crippen molar-refractivity contribution < 1.29 is 14.2 Å². The average Bonchev–Trinajstić information content (AvgIpc) is 2.84. The molecule has 0 atom stereocenters. The van der Waals surface area contributed by atoms with Gasteiger partial charge in [0.2, 0.25) is 0 Å². The first-order chi connectivity index (χ1) is 16.0. The highest BCUT2D eigenvalue weighted by atomic mass is 16.5. The summed E-state index contributed by atoms with van der Waals surface area (Å²) >= 11 is 0. The molecule has 0 spiro atoms. The van der Waals surface area contributed by atoms with Crippen LogP contribution in [0.5, 0.6) is 17.2 Å².